The van der Waals surface area contributed by atoms with E-state index >= 15 is 0 Å². The van der Waals surface area contributed by atoms with Crippen LogP contribution in [0.4, 0.5) is 4.79 Å². The lowest BCUT2D eigenvalue weighted by atomic mass is 9.91. The molecule has 25 heavy (non-hydrogen) atoms. The molecule has 1 aromatic rings. The van der Waals surface area contributed by atoms with Crippen molar-refractivity contribution in [3.8, 4) is 0 Å². The van der Waals surface area contributed by atoms with E-state index in [1.165, 1.54) is 10.5 Å². The van der Waals surface area contributed by atoms with Crippen molar-refractivity contribution in [2.24, 2.45) is 17.8 Å². The van der Waals surface area contributed by atoms with Crippen LogP contribution in [0.25, 0.3) is 0 Å². The Morgan fingerprint density at radius 3 is 2.60 bits per heavy atom. The Balaban J connectivity index is 1.72. The van der Waals surface area contributed by atoms with Crippen LogP contribution in [0.5, 0.6) is 0 Å². The molecule has 5 nitrogen and oxygen atoms in total. The molecule has 2 aliphatic rings. The van der Waals surface area contributed by atoms with Gasteiger partial charge in [-0.1, -0.05) is 57.5 Å². The molecule has 3 rings (SSSR count). The molecule has 1 unspecified atom stereocenters. The summed E-state index contributed by atoms with van der Waals surface area (Å²) in [4.78, 5) is 29.0. The quantitative estimate of drug-likeness (QED) is 0.823. The van der Waals surface area contributed by atoms with Crippen molar-refractivity contribution in [2.45, 2.75) is 39.8 Å². The Morgan fingerprint density at radius 1 is 1.24 bits per heavy atom. The molecule has 0 bridgehead atoms. The molecule has 0 radical (unpaired) electrons. The third-order valence-electron chi connectivity index (χ3n) is 5.52. The van der Waals surface area contributed by atoms with Crippen LogP contribution in [0.1, 0.15) is 32.8 Å². The lowest BCUT2D eigenvalue weighted by Gasteiger charge is -2.27. The lowest BCUT2D eigenvalue weighted by molar-refractivity contribution is -0.134. The number of amides is 2. The van der Waals surface area contributed by atoms with Gasteiger partial charge in [0.15, 0.2) is 0 Å². The average molecular weight is 344 g/mol. The average Bonchev–Trinajstić information content (AvgIpc) is 3.18. The maximum absolute atomic E-state index is 13.1. The Hall–Kier alpha value is -1.88. The predicted molar refractivity (Wildman–Crippen MR) is 95.8 cm³/mol. The van der Waals surface area contributed by atoms with E-state index in [1.807, 2.05) is 32.0 Å². The summed E-state index contributed by atoms with van der Waals surface area (Å²) < 4.78 is 5.16. The van der Waals surface area contributed by atoms with Gasteiger partial charge in [-0.05, 0) is 17.4 Å². The van der Waals surface area contributed by atoms with Crippen LogP contribution in [-0.2, 0) is 16.1 Å². The number of rotatable bonds is 5. The van der Waals surface area contributed by atoms with Crippen LogP contribution in [0.15, 0.2) is 30.3 Å². The number of carbonyl (C=O) groups is 2. The summed E-state index contributed by atoms with van der Waals surface area (Å²) in [6, 6.07) is 10.2. The first-order valence-electron chi connectivity index (χ1n) is 9.27. The molecule has 2 aliphatic heterocycles. The van der Waals surface area contributed by atoms with Crippen LogP contribution < -0.4 is 0 Å². The molecule has 1 aromatic carbocycles. The molecular weight excluding hydrogens is 316 g/mol. The molecule has 3 atom stereocenters. The highest BCUT2D eigenvalue weighted by atomic mass is 16.6. The van der Waals surface area contributed by atoms with Crippen molar-refractivity contribution in [1.29, 1.82) is 0 Å². The van der Waals surface area contributed by atoms with Gasteiger partial charge < -0.3 is 4.74 Å². The fourth-order valence-electron chi connectivity index (χ4n) is 3.98. The molecule has 5 heteroatoms. The summed E-state index contributed by atoms with van der Waals surface area (Å²) in [6.45, 7) is 8.96. The van der Waals surface area contributed by atoms with Gasteiger partial charge in [-0.25, -0.2) is 9.69 Å². The zero-order valence-corrected chi connectivity index (χ0v) is 15.4. The SMILES string of the molecule is CC[C@@H]1CN(Cc2ccccc2)C[C@H]1C(=O)N1C(=O)OCC1C(C)C. The maximum atomic E-state index is 13.1. The monoisotopic (exact) mass is 344 g/mol. The molecule has 0 spiro atoms. The molecule has 2 saturated heterocycles. The van der Waals surface area contributed by atoms with E-state index in [1.54, 1.807) is 0 Å². The molecule has 0 N–H and O–H groups in total. The van der Waals surface area contributed by atoms with Crippen LogP contribution >= 0.6 is 0 Å². The zero-order valence-electron chi connectivity index (χ0n) is 15.4. The van der Waals surface area contributed by atoms with Crippen LogP contribution in [0, 0.1) is 17.8 Å². The van der Waals surface area contributed by atoms with Gasteiger partial charge in [-0.2, -0.15) is 0 Å². The third kappa shape index (κ3) is 3.71. The minimum absolute atomic E-state index is 0.0522. The minimum Gasteiger partial charge on any atom is -0.447 e. The first-order valence-corrected chi connectivity index (χ1v) is 9.27. The second-order valence-electron chi connectivity index (χ2n) is 7.55. The van der Waals surface area contributed by atoms with Crippen molar-refractivity contribution >= 4 is 12.0 Å². The second kappa shape index (κ2) is 7.56. The van der Waals surface area contributed by atoms with E-state index in [-0.39, 0.29) is 29.7 Å². The molecule has 2 heterocycles. The summed E-state index contributed by atoms with van der Waals surface area (Å²) in [7, 11) is 0. The minimum atomic E-state index is -0.472. The number of hydrogen-bond donors (Lipinski definition) is 0. The van der Waals surface area contributed by atoms with Crippen LogP contribution in [0.3, 0.4) is 0 Å². The summed E-state index contributed by atoms with van der Waals surface area (Å²) in [5, 5.41) is 0. The number of benzene rings is 1. The van der Waals surface area contributed by atoms with Crippen LogP contribution in [0.2, 0.25) is 0 Å². The van der Waals surface area contributed by atoms with E-state index in [4.69, 9.17) is 4.74 Å². The van der Waals surface area contributed by atoms with Gasteiger partial charge in [0, 0.05) is 19.6 Å². The molecule has 2 amide bonds. The van der Waals surface area contributed by atoms with Crippen molar-refractivity contribution in [3.05, 3.63) is 35.9 Å². The smallest absolute Gasteiger partial charge is 0.416 e. The Kier molecular flexibility index (Phi) is 5.42. The number of likely N-dealkylation sites (tertiary alicyclic amines) is 1. The van der Waals surface area contributed by atoms with Gasteiger partial charge in [-0.3, -0.25) is 9.69 Å². The van der Waals surface area contributed by atoms with Gasteiger partial charge in [0.05, 0.1) is 12.0 Å². The van der Waals surface area contributed by atoms with E-state index in [9.17, 15) is 9.59 Å². The van der Waals surface area contributed by atoms with Gasteiger partial charge in [0.2, 0.25) is 5.91 Å². The van der Waals surface area contributed by atoms with Gasteiger partial charge >= 0.3 is 6.09 Å². The molecule has 2 fully saturated rings. The normalized spacial score (nSPS) is 27.1. The Bertz CT molecular complexity index is 617. The molecule has 0 saturated carbocycles. The number of ether oxygens (including phenoxy) is 1. The first kappa shape index (κ1) is 17.9. The van der Waals surface area contributed by atoms with Crippen molar-refractivity contribution in [1.82, 2.24) is 9.80 Å². The highest BCUT2D eigenvalue weighted by molar-refractivity contribution is 5.95. The molecular formula is C20H28N2O3. The summed E-state index contributed by atoms with van der Waals surface area (Å²) in [5.74, 6) is 0.318. The summed E-state index contributed by atoms with van der Waals surface area (Å²) in [5.41, 5.74) is 1.26. The van der Waals surface area contributed by atoms with E-state index in [2.05, 4.69) is 24.0 Å². The predicted octanol–water partition coefficient (Wildman–Crippen LogP) is 3.15. The highest BCUT2D eigenvalue weighted by Gasteiger charge is 2.46. The topological polar surface area (TPSA) is 49.9 Å². The largest absolute Gasteiger partial charge is 0.447 e. The standard InChI is InChI=1S/C20H28N2O3/c1-4-16-11-21(10-15-8-6-5-7-9-15)12-17(16)19(23)22-18(14(2)3)13-25-20(22)24/h5-9,14,16-18H,4,10-13H2,1-3H3/t16-,17-,18?/m1/s1. The fraction of sp³-hybridized carbons (Fsp3) is 0.600. The van der Waals surface area contributed by atoms with Crippen LogP contribution in [-0.4, -0.2) is 47.5 Å². The number of cyclic esters (lactones) is 1. The summed E-state index contributed by atoms with van der Waals surface area (Å²) in [6.07, 6.45) is 0.469. The first-order chi connectivity index (χ1) is 12.0. The summed E-state index contributed by atoms with van der Waals surface area (Å²) >= 11 is 0. The molecule has 136 valence electrons. The third-order valence-corrected chi connectivity index (χ3v) is 5.52. The number of nitrogens with zero attached hydrogens (tertiary/aromatic N) is 2. The fourth-order valence-corrected chi connectivity index (χ4v) is 3.98. The van der Waals surface area contributed by atoms with E-state index in [0.717, 1.165) is 19.5 Å². The zero-order chi connectivity index (χ0) is 18.0. The van der Waals surface area contributed by atoms with E-state index in [0.29, 0.717) is 13.2 Å². The van der Waals surface area contributed by atoms with Crippen molar-refractivity contribution < 1.29 is 14.3 Å². The van der Waals surface area contributed by atoms with Gasteiger partial charge in [0.1, 0.15) is 6.61 Å². The van der Waals surface area contributed by atoms with E-state index < -0.39 is 6.09 Å². The number of carbonyl (C=O) groups excluding carboxylic acids is 2. The molecule has 0 aromatic heterocycles. The molecule has 0 aliphatic carbocycles. The second-order valence-corrected chi connectivity index (χ2v) is 7.55. The Labute approximate surface area is 149 Å². The number of imide groups is 1. The Morgan fingerprint density at radius 2 is 1.96 bits per heavy atom. The highest BCUT2D eigenvalue weighted by Crippen LogP contribution is 2.32. The maximum Gasteiger partial charge on any atom is 0.416 e. The van der Waals surface area contributed by atoms with Gasteiger partial charge in [-0.15, -0.1) is 0 Å². The van der Waals surface area contributed by atoms with Crippen molar-refractivity contribution in [2.75, 3.05) is 19.7 Å². The lowest BCUT2D eigenvalue weighted by Crippen LogP contribution is -2.46. The van der Waals surface area contributed by atoms with Crippen molar-refractivity contribution in [3.63, 3.8) is 0 Å². The van der Waals surface area contributed by atoms with Gasteiger partial charge in [0.25, 0.3) is 0 Å². The number of hydrogen-bond acceptors (Lipinski definition) is 4.